The maximum absolute atomic E-state index is 4.06. The lowest BCUT2D eigenvalue weighted by atomic mass is 10.3. The van der Waals surface area contributed by atoms with Gasteiger partial charge in [-0.25, -0.2) is 0 Å². The molecule has 0 unspecified atom stereocenters. The molecule has 0 radical (unpaired) electrons. The minimum Gasteiger partial charge on any atom is -0.356 e. The van der Waals surface area contributed by atoms with E-state index in [-0.39, 0.29) is 0 Å². The van der Waals surface area contributed by atoms with Crippen molar-refractivity contribution in [3.63, 3.8) is 0 Å². The van der Waals surface area contributed by atoms with Crippen LogP contribution in [0.15, 0.2) is 23.3 Å². The molecule has 0 aromatic carbocycles. The van der Waals surface area contributed by atoms with Gasteiger partial charge in [0.1, 0.15) is 8.07 Å². The van der Waals surface area contributed by atoms with Crippen molar-refractivity contribution >= 4 is 43.8 Å². The monoisotopic (exact) mass is 318 g/mol. The second-order valence-electron chi connectivity index (χ2n) is 7.28. The van der Waals surface area contributed by atoms with Gasteiger partial charge in [0.2, 0.25) is 0 Å². The standard InChI is InChI=1S/C20H22N2Si/c1-11-7-15-9-13(3)21-17(15)19(11)23(5,6)20-12(2)8-16-10-14(4)22-18(16)20/h7-10,21-22H,3-4H2,1-2,5-6H3. The van der Waals surface area contributed by atoms with Gasteiger partial charge in [0.05, 0.1) is 0 Å². The van der Waals surface area contributed by atoms with Gasteiger partial charge < -0.3 is 9.97 Å². The fourth-order valence-corrected chi connectivity index (χ4v) is 8.47. The average molecular weight is 318 g/mol. The van der Waals surface area contributed by atoms with Crippen molar-refractivity contribution in [2.24, 2.45) is 0 Å². The summed E-state index contributed by atoms with van der Waals surface area (Å²) >= 11 is 0. The first kappa shape index (κ1) is 14.3. The molecule has 0 saturated carbocycles. The van der Waals surface area contributed by atoms with Crippen LogP contribution in [0.1, 0.15) is 25.0 Å². The molecule has 2 nitrogen and oxygen atoms in total. The van der Waals surface area contributed by atoms with Crippen molar-refractivity contribution in [1.29, 1.82) is 0 Å². The van der Waals surface area contributed by atoms with E-state index in [9.17, 15) is 0 Å². The van der Waals surface area contributed by atoms with Crippen LogP contribution >= 0.6 is 0 Å². The van der Waals surface area contributed by atoms with Gasteiger partial charge in [-0.1, -0.05) is 26.3 Å². The van der Waals surface area contributed by atoms with Gasteiger partial charge in [-0.15, -0.1) is 0 Å². The Balaban J connectivity index is 2.08. The summed E-state index contributed by atoms with van der Waals surface area (Å²) in [5.41, 5.74) is 5.34. The number of allylic oxidation sites excluding steroid dienone is 2. The van der Waals surface area contributed by atoms with Crippen molar-refractivity contribution in [2.45, 2.75) is 26.9 Å². The van der Waals surface area contributed by atoms with Gasteiger partial charge in [0, 0.05) is 32.5 Å². The number of fused-ring (bicyclic) bond motifs is 2. The molecule has 2 heterocycles. The summed E-state index contributed by atoms with van der Waals surface area (Å²) in [7, 11) is -1.86. The Morgan fingerprint density at radius 3 is 1.57 bits per heavy atom. The van der Waals surface area contributed by atoms with Crippen molar-refractivity contribution < 1.29 is 0 Å². The second-order valence-corrected chi connectivity index (χ2v) is 11.5. The summed E-state index contributed by atoms with van der Waals surface area (Å²) in [6.45, 7) is 17.5. The molecule has 0 saturated heterocycles. The van der Waals surface area contributed by atoms with E-state index < -0.39 is 8.07 Å². The second kappa shape index (κ2) is 4.39. The Labute approximate surface area is 137 Å². The quantitative estimate of drug-likeness (QED) is 0.791. The fraction of sp³-hybridized carbons (Fsp3) is 0.200. The maximum Gasteiger partial charge on any atom is 0.118 e. The zero-order chi connectivity index (χ0) is 16.5. The van der Waals surface area contributed by atoms with E-state index in [2.05, 4.69) is 74.4 Å². The Morgan fingerprint density at radius 2 is 1.17 bits per heavy atom. The third kappa shape index (κ3) is 1.86. The number of rotatable bonds is 2. The highest BCUT2D eigenvalue weighted by atomic mass is 28.3. The van der Waals surface area contributed by atoms with E-state index in [1.807, 2.05) is 0 Å². The molecule has 2 N–H and O–H groups in total. The third-order valence-corrected chi connectivity index (χ3v) is 8.88. The van der Waals surface area contributed by atoms with Crippen LogP contribution in [0.3, 0.4) is 0 Å². The molecule has 2 aliphatic rings. The zero-order valence-corrected chi connectivity index (χ0v) is 15.2. The average Bonchev–Trinajstić information content (AvgIpc) is 3.06. The predicted octanol–water partition coefficient (Wildman–Crippen LogP) is 1.79. The molecule has 3 heteroatoms. The molecule has 2 aromatic rings. The van der Waals surface area contributed by atoms with Crippen molar-refractivity contribution in [3.8, 4) is 0 Å². The summed E-state index contributed by atoms with van der Waals surface area (Å²) in [5.74, 6) is 0. The summed E-state index contributed by atoms with van der Waals surface area (Å²) in [6.07, 6.45) is 4.59. The van der Waals surface area contributed by atoms with E-state index in [4.69, 9.17) is 0 Å². The molecule has 23 heavy (non-hydrogen) atoms. The van der Waals surface area contributed by atoms with Crippen LogP contribution in [0.5, 0.6) is 0 Å². The largest absolute Gasteiger partial charge is 0.356 e. The number of hydrogen-bond acceptors (Lipinski definition) is 0. The van der Waals surface area contributed by atoms with Gasteiger partial charge >= 0.3 is 0 Å². The molecular formula is C20H22N2Si. The molecule has 0 amide bonds. The molecule has 0 spiro atoms. The van der Waals surface area contributed by atoms with Crippen LogP contribution < -0.4 is 21.4 Å². The zero-order valence-electron chi connectivity index (χ0n) is 14.2. The normalized spacial score (nSPS) is 16.5. The van der Waals surface area contributed by atoms with E-state index >= 15 is 0 Å². The highest BCUT2D eigenvalue weighted by molar-refractivity contribution is 7.08. The Bertz CT molecular complexity index is 1040. The minimum atomic E-state index is -1.86. The van der Waals surface area contributed by atoms with Crippen LogP contribution in [0.2, 0.25) is 13.1 Å². The van der Waals surface area contributed by atoms with E-state index in [1.54, 1.807) is 0 Å². The van der Waals surface area contributed by atoms with Gasteiger partial charge in [0.25, 0.3) is 0 Å². The molecule has 0 bridgehead atoms. The number of aromatic nitrogens is 2. The molecular weight excluding hydrogens is 296 g/mol. The lowest BCUT2D eigenvalue weighted by Gasteiger charge is -2.28. The number of aromatic amines is 2. The number of hydrogen-bond donors (Lipinski definition) is 2. The van der Waals surface area contributed by atoms with Crippen LogP contribution in [0, 0.1) is 0 Å². The maximum atomic E-state index is 4.06. The fourth-order valence-electron chi connectivity index (χ4n) is 4.44. The van der Waals surface area contributed by atoms with E-state index in [0.29, 0.717) is 0 Å². The van der Waals surface area contributed by atoms with Crippen molar-refractivity contribution in [2.75, 3.05) is 0 Å². The molecule has 0 aliphatic heterocycles. The first-order valence-corrected chi connectivity index (χ1v) is 11.0. The van der Waals surface area contributed by atoms with Crippen molar-refractivity contribution in [1.82, 2.24) is 9.97 Å². The molecule has 0 atom stereocenters. The van der Waals surface area contributed by atoms with Gasteiger partial charge in [-0.05, 0) is 59.7 Å². The molecule has 2 aliphatic carbocycles. The minimum absolute atomic E-state index is 0.991. The molecule has 2 aromatic heterocycles. The highest BCUT2D eigenvalue weighted by Crippen LogP contribution is 2.38. The number of H-pyrrole nitrogens is 2. The Kier molecular flexibility index (Phi) is 2.74. The van der Waals surface area contributed by atoms with Gasteiger partial charge in [0.15, 0.2) is 0 Å². The van der Waals surface area contributed by atoms with E-state index in [0.717, 1.165) is 10.7 Å². The Hall–Kier alpha value is -2.26. The molecule has 116 valence electrons. The SMILES string of the molecule is C=c1cc2c([nH]1)=C([Si](C)(C)C1=c3[nH]c(=C)cc3C=C1C)C(C)=C2. The van der Waals surface area contributed by atoms with Crippen LogP contribution in [-0.4, -0.2) is 18.0 Å². The van der Waals surface area contributed by atoms with Crippen LogP contribution in [-0.2, 0) is 0 Å². The summed E-state index contributed by atoms with van der Waals surface area (Å²) in [6, 6.07) is 4.29. The summed E-state index contributed by atoms with van der Waals surface area (Å²) < 4.78 is 0. The van der Waals surface area contributed by atoms with Gasteiger partial charge in [-0.3, -0.25) is 0 Å². The lowest BCUT2D eigenvalue weighted by Crippen LogP contribution is -2.39. The first-order valence-electron chi connectivity index (χ1n) is 8.02. The summed E-state index contributed by atoms with van der Waals surface area (Å²) in [5, 5.41) is 7.53. The first-order chi connectivity index (χ1) is 10.8. The number of nitrogens with one attached hydrogen (secondary N) is 2. The van der Waals surface area contributed by atoms with Crippen LogP contribution in [0.4, 0.5) is 0 Å². The Morgan fingerprint density at radius 1 is 0.783 bits per heavy atom. The molecule has 4 rings (SSSR count). The predicted molar refractivity (Wildman–Crippen MR) is 103 cm³/mol. The third-order valence-electron chi connectivity index (χ3n) is 5.09. The van der Waals surface area contributed by atoms with Gasteiger partial charge in [-0.2, -0.15) is 0 Å². The summed E-state index contributed by atoms with van der Waals surface area (Å²) in [4.78, 5) is 6.98. The lowest BCUT2D eigenvalue weighted by molar-refractivity contribution is 1.26. The highest BCUT2D eigenvalue weighted by Gasteiger charge is 2.37. The van der Waals surface area contributed by atoms with E-state index in [1.165, 1.54) is 43.4 Å². The van der Waals surface area contributed by atoms with Crippen molar-refractivity contribution in [3.05, 3.63) is 55.8 Å². The molecule has 0 fully saturated rings. The smallest absolute Gasteiger partial charge is 0.118 e. The topological polar surface area (TPSA) is 31.6 Å². The van der Waals surface area contributed by atoms with Crippen LogP contribution in [0.25, 0.3) is 35.7 Å².